The van der Waals surface area contributed by atoms with Crippen LogP contribution in [-0.2, 0) is 0 Å². The number of benzene rings is 2. The van der Waals surface area contributed by atoms with Crippen LogP contribution >= 0.6 is 22.6 Å². The lowest BCUT2D eigenvalue weighted by Gasteiger charge is -2.17. The number of aryl methyl sites for hydroxylation is 1. The van der Waals surface area contributed by atoms with Gasteiger partial charge in [-0.05, 0) is 71.8 Å². The Morgan fingerprint density at radius 3 is 2.55 bits per heavy atom. The van der Waals surface area contributed by atoms with Crippen molar-refractivity contribution < 1.29 is 9.13 Å². The molecule has 0 saturated carbocycles. The molecule has 0 aliphatic heterocycles. The summed E-state index contributed by atoms with van der Waals surface area (Å²) in [7, 11) is 1.47. The van der Waals surface area contributed by atoms with Gasteiger partial charge in [-0.3, -0.25) is 0 Å². The molecule has 0 aromatic heterocycles. The standard InChI is InChI=1S/C16H17FINO/c1-10-4-6-13(9-15(10)18)19-11(2)12-5-7-16(20-3)14(17)8-12/h4-9,11,19H,1-3H3. The number of rotatable bonds is 4. The Bertz CT molecular complexity index is 615. The van der Waals surface area contributed by atoms with Crippen LogP contribution < -0.4 is 10.1 Å². The van der Waals surface area contributed by atoms with Gasteiger partial charge in [-0.15, -0.1) is 0 Å². The molecule has 0 bridgehead atoms. The van der Waals surface area contributed by atoms with Crippen molar-refractivity contribution in [3.05, 3.63) is 56.9 Å². The van der Waals surface area contributed by atoms with E-state index in [9.17, 15) is 4.39 Å². The third-order valence-corrected chi connectivity index (χ3v) is 4.39. The maximum atomic E-state index is 13.7. The third kappa shape index (κ3) is 3.42. The molecular weight excluding hydrogens is 368 g/mol. The number of hydrogen-bond donors (Lipinski definition) is 1. The number of ether oxygens (including phenoxy) is 1. The first kappa shape index (κ1) is 15.1. The molecular formula is C16H17FINO. The zero-order valence-corrected chi connectivity index (χ0v) is 13.9. The lowest BCUT2D eigenvalue weighted by molar-refractivity contribution is 0.386. The first-order valence-electron chi connectivity index (χ1n) is 6.37. The predicted octanol–water partition coefficient (Wildman–Crippen LogP) is 4.92. The van der Waals surface area contributed by atoms with E-state index in [2.05, 4.69) is 47.0 Å². The highest BCUT2D eigenvalue weighted by molar-refractivity contribution is 14.1. The Morgan fingerprint density at radius 1 is 1.20 bits per heavy atom. The predicted molar refractivity (Wildman–Crippen MR) is 88.9 cm³/mol. The van der Waals surface area contributed by atoms with Crippen molar-refractivity contribution in [3.63, 3.8) is 0 Å². The highest BCUT2D eigenvalue weighted by Gasteiger charge is 2.10. The molecule has 0 saturated heterocycles. The lowest BCUT2D eigenvalue weighted by Crippen LogP contribution is -2.07. The Morgan fingerprint density at radius 2 is 1.95 bits per heavy atom. The summed E-state index contributed by atoms with van der Waals surface area (Å²) in [6.45, 7) is 4.09. The second kappa shape index (κ2) is 6.43. The average molecular weight is 385 g/mol. The molecule has 1 atom stereocenters. The number of nitrogens with one attached hydrogen (secondary N) is 1. The van der Waals surface area contributed by atoms with Gasteiger partial charge in [0.25, 0.3) is 0 Å². The van der Waals surface area contributed by atoms with Crippen molar-refractivity contribution in [2.75, 3.05) is 12.4 Å². The molecule has 0 aliphatic rings. The summed E-state index contributed by atoms with van der Waals surface area (Å²) in [6, 6.07) is 11.3. The van der Waals surface area contributed by atoms with E-state index in [1.54, 1.807) is 6.07 Å². The van der Waals surface area contributed by atoms with Gasteiger partial charge in [0.15, 0.2) is 11.6 Å². The maximum Gasteiger partial charge on any atom is 0.165 e. The van der Waals surface area contributed by atoms with Crippen molar-refractivity contribution in [2.24, 2.45) is 0 Å². The second-order valence-electron chi connectivity index (χ2n) is 4.72. The Kier molecular flexibility index (Phi) is 4.86. The molecule has 1 N–H and O–H groups in total. The summed E-state index contributed by atoms with van der Waals surface area (Å²) >= 11 is 2.31. The van der Waals surface area contributed by atoms with E-state index in [4.69, 9.17) is 4.74 Å². The van der Waals surface area contributed by atoms with E-state index >= 15 is 0 Å². The first-order valence-corrected chi connectivity index (χ1v) is 7.45. The van der Waals surface area contributed by atoms with Crippen molar-refractivity contribution in [1.82, 2.24) is 0 Å². The zero-order valence-electron chi connectivity index (χ0n) is 11.7. The largest absolute Gasteiger partial charge is 0.494 e. The molecule has 1 unspecified atom stereocenters. The first-order chi connectivity index (χ1) is 9.51. The van der Waals surface area contributed by atoms with E-state index in [-0.39, 0.29) is 17.6 Å². The van der Waals surface area contributed by atoms with Gasteiger partial charge in [-0.25, -0.2) is 4.39 Å². The highest BCUT2D eigenvalue weighted by Crippen LogP contribution is 2.25. The molecule has 0 amide bonds. The van der Waals surface area contributed by atoms with Crippen LogP contribution in [0, 0.1) is 16.3 Å². The SMILES string of the molecule is COc1ccc(C(C)Nc2ccc(C)c(I)c2)cc1F. The summed E-state index contributed by atoms with van der Waals surface area (Å²) in [6.07, 6.45) is 0. The van der Waals surface area contributed by atoms with E-state index < -0.39 is 0 Å². The summed E-state index contributed by atoms with van der Waals surface area (Å²) in [5, 5.41) is 3.38. The lowest BCUT2D eigenvalue weighted by atomic mass is 10.1. The zero-order chi connectivity index (χ0) is 14.7. The fraction of sp³-hybridized carbons (Fsp3) is 0.250. The summed E-state index contributed by atoms with van der Waals surface area (Å²) in [5.74, 6) is -0.0667. The molecule has 106 valence electrons. The van der Waals surface area contributed by atoms with Crippen LogP contribution in [0.5, 0.6) is 5.75 Å². The van der Waals surface area contributed by atoms with Gasteiger partial charge in [-0.1, -0.05) is 12.1 Å². The van der Waals surface area contributed by atoms with Gasteiger partial charge in [0.05, 0.1) is 7.11 Å². The van der Waals surface area contributed by atoms with Gasteiger partial charge in [0, 0.05) is 15.3 Å². The Hall–Kier alpha value is -1.30. The summed E-state index contributed by atoms with van der Waals surface area (Å²) in [5.41, 5.74) is 3.17. The van der Waals surface area contributed by atoms with Crippen LogP contribution in [0.25, 0.3) is 0 Å². The maximum absolute atomic E-state index is 13.7. The Labute approximate surface area is 132 Å². The monoisotopic (exact) mass is 385 g/mol. The number of methoxy groups -OCH3 is 1. The minimum atomic E-state index is -0.336. The normalized spacial score (nSPS) is 12.1. The number of anilines is 1. The van der Waals surface area contributed by atoms with Crippen molar-refractivity contribution >= 4 is 28.3 Å². The van der Waals surface area contributed by atoms with Gasteiger partial charge in [0.1, 0.15) is 0 Å². The van der Waals surface area contributed by atoms with Crippen LogP contribution in [0.1, 0.15) is 24.1 Å². The molecule has 0 aliphatic carbocycles. The molecule has 20 heavy (non-hydrogen) atoms. The average Bonchev–Trinajstić information content (AvgIpc) is 2.42. The van der Waals surface area contributed by atoms with Crippen LogP contribution in [0.3, 0.4) is 0 Å². The molecule has 2 aromatic rings. The van der Waals surface area contributed by atoms with Crippen LogP contribution in [0.4, 0.5) is 10.1 Å². The fourth-order valence-electron chi connectivity index (χ4n) is 1.97. The molecule has 2 aromatic carbocycles. The minimum Gasteiger partial charge on any atom is -0.494 e. The molecule has 4 heteroatoms. The van der Waals surface area contributed by atoms with Gasteiger partial charge < -0.3 is 10.1 Å². The summed E-state index contributed by atoms with van der Waals surface area (Å²) < 4.78 is 19.9. The molecule has 0 spiro atoms. The van der Waals surface area contributed by atoms with Crippen LogP contribution in [0.2, 0.25) is 0 Å². The molecule has 0 heterocycles. The summed E-state index contributed by atoms with van der Waals surface area (Å²) in [4.78, 5) is 0. The third-order valence-electron chi connectivity index (χ3n) is 3.23. The van der Waals surface area contributed by atoms with E-state index in [1.165, 1.54) is 22.3 Å². The van der Waals surface area contributed by atoms with Gasteiger partial charge in [-0.2, -0.15) is 0 Å². The molecule has 0 radical (unpaired) electrons. The van der Waals surface area contributed by atoms with Gasteiger partial charge >= 0.3 is 0 Å². The van der Waals surface area contributed by atoms with Crippen molar-refractivity contribution in [2.45, 2.75) is 19.9 Å². The second-order valence-corrected chi connectivity index (χ2v) is 5.89. The number of halogens is 2. The van der Waals surface area contributed by atoms with E-state index in [1.807, 2.05) is 19.1 Å². The quantitative estimate of drug-likeness (QED) is 0.755. The van der Waals surface area contributed by atoms with Crippen LogP contribution in [-0.4, -0.2) is 7.11 Å². The molecule has 0 fully saturated rings. The highest BCUT2D eigenvalue weighted by atomic mass is 127. The molecule has 2 rings (SSSR count). The fourth-order valence-corrected chi connectivity index (χ4v) is 2.48. The van der Waals surface area contributed by atoms with Crippen molar-refractivity contribution in [1.29, 1.82) is 0 Å². The Balaban J connectivity index is 2.17. The topological polar surface area (TPSA) is 21.3 Å². The molecule has 2 nitrogen and oxygen atoms in total. The van der Waals surface area contributed by atoms with E-state index in [0.717, 1.165) is 11.3 Å². The van der Waals surface area contributed by atoms with Gasteiger partial charge in [0.2, 0.25) is 0 Å². The smallest absolute Gasteiger partial charge is 0.165 e. The van der Waals surface area contributed by atoms with E-state index in [0.29, 0.717) is 0 Å². The number of hydrogen-bond acceptors (Lipinski definition) is 2. The minimum absolute atomic E-state index is 0.0221. The van der Waals surface area contributed by atoms with Crippen molar-refractivity contribution in [3.8, 4) is 5.75 Å². The van der Waals surface area contributed by atoms with Crippen LogP contribution in [0.15, 0.2) is 36.4 Å².